The second-order valence-electron chi connectivity index (χ2n) is 8.46. The molecular weight excluding hydrogens is 390 g/mol. The van der Waals surface area contributed by atoms with Crippen molar-refractivity contribution in [2.24, 2.45) is 5.92 Å². The fourth-order valence-corrected chi connectivity index (χ4v) is 4.01. The van der Waals surface area contributed by atoms with Crippen molar-refractivity contribution in [1.82, 2.24) is 10.2 Å². The van der Waals surface area contributed by atoms with E-state index in [0.29, 0.717) is 11.5 Å². The fourth-order valence-electron chi connectivity index (χ4n) is 4.01. The molecule has 1 heterocycles. The average Bonchev–Trinajstić information content (AvgIpc) is 2.78. The van der Waals surface area contributed by atoms with Crippen molar-refractivity contribution in [3.05, 3.63) is 59.2 Å². The van der Waals surface area contributed by atoms with Crippen LogP contribution in [0, 0.1) is 17.2 Å². The third kappa shape index (κ3) is 4.67. The molecule has 0 bridgehead atoms. The highest BCUT2D eigenvalue weighted by molar-refractivity contribution is 5.79. The summed E-state index contributed by atoms with van der Waals surface area (Å²) < 4.78 is 11.0. The highest BCUT2D eigenvalue weighted by atomic mass is 16.5. The first-order valence-electron chi connectivity index (χ1n) is 10.6. The Kier molecular flexibility index (Phi) is 6.87. The molecule has 0 fully saturated rings. The third-order valence-electron chi connectivity index (χ3n) is 6.22. The van der Waals surface area contributed by atoms with Crippen molar-refractivity contribution in [3.63, 3.8) is 0 Å². The molecule has 6 nitrogen and oxygen atoms in total. The van der Waals surface area contributed by atoms with Crippen LogP contribution in [0.3, 0.4) is 0 Å². The number of methoxy groups -OCH3 is 2. The van der Waals surface area contributed by atoms with Crippen molar-refractivity contribution < 1.29 is 14.3 Å². The minimum atomic E-state index is -0.899. The molecule has 0 aliphatic carbocycles. The van der Waals surface area contributed by atoms with Gasteiger partial charge in [-0.25, -0.2) is 0 Å². The molecular formula is C25H31N3O3. The number of nitrogens with one attached hydrogen (secondary N) is 1. The SMILES string of the molecule is COc1cc2c(cc1OC)C(c1ccccc1)N(CC(=O)NC(C)(C#N)C(C)C)CC2. The van der Waals surface area contributed by atoms with Gasteiger partial charge in [-0.2, -0.15) is 5.26 Å². The molecule has 2 atom stereocenters. The largest absolute Gasteiger partial charge is 0.493 e. The highest BCUT2D eigenvalue weighted by Gasteiger charge is 2.34. The summed E-state index contributed by atoms with van der Waals surface area (Å²) in [6.07, 6.45) is 0.798. The van der Waals surface area contributed by atoms with E-state index in [1.807, 2.05) is 44.2 Å². The Bertz CT molecular complexity index is 968. The molecule has 0 saturated carbocycles. The Hall–Kier alpha value is -3.04. The standard InChI is InChI=1S/C25H31N3O3/c1-17(2)25(3,16-26)27-23(29)15-28-12-11-19-13-21(30-4)22(31-5)14-20(19)24(28)18-9-7-6-8-10-18/h6-10,13-14,17,24H,11-12,15H2,1-5H3,(H,27,29). The van der Waals surface area contributed by atoms with E-state index in [9.17, 15) is 10.1 Å². The maximum Gasteiger partial charge on any atom is 0.235 e. The molecule has 1 aliphatic rings. The number of hydrogen-bond acceptors (Lipinski definition) is 5. The van der Waals surface area contributed by atoms with E-state index in [-0.39, 0.29) is 24.4 Å². The van der Waals surface area contributed by atoms with Crippen LogP contribution in [0.15, 0.2) is 42.5 Å². The van der Waals surface area contributed by atoms with Crippen molar-refractivity contribution in [1.29, 1.82) is 5.26 Å². The Balaban J connectivity index is 1.96. The van der Waals surface area contributed by atoms with E-state index in [0.717, 1.165) is 24.1 Å². The molecule has 6 heteroatoms. The number of carbonyl (C=O) groups excluding carboxylic acids is 1. The van der Waals surface area contributed by atoms with Gasteiger partial charge in [-0.3, -0.25) is 9.69 Å². The summed E-state index contributed by atoms with van der Waals surface area (Å²) in [5.41, 5.74) is 2.50. The van der Waals surface area contributed by atoms with Crippen LogP contribution < -0.4 is 14.8 Å². The second kappa shape index (κ2) is 9.40. The number of benzene rings is 2. The summed E-state index contributed by atoms with van der Waals surface area (Å²) >= 11 is 0. The van der Waals surface area contributed by atoms with Gasteiger partial charge < -0.3 is 14.8 Å². The summed E-state index contributed by atoms with van der Waals surface area (Å²) in [4.78, 5) is 15.1. The predicted octanol–water partition coefficient (Wildman–Crippen LogP) is 3.71. The first kappa shape index (κ1) is 22.6. The van der Waals surface area contributed by atoms with Crippen LogP contribution in [-0.4, -0.2) is 43.7 Å². The smallest absolute Gasteiger partial charge is 0.235 e. The third-order valence-corrected chi connectivity index (χ3v) is 6.22. The molecule has 0 saturated heterocycles. The number of hydrogen-bond donors (Lipinski definition) is 1. The van der Waals surface area contributed by atoms with Gasteiger partial charge in [0.25, 0.3) is 0 Å². The lowest BCUT2D eigenvalue weighted by Gasteiger charge is -2.38. The first-order chi connectivity index (χ1) is 14.8. The van der Waals surface area contributed by atoms with E-state index >= 15 is 0 Å². The topological polar surface area (TPSA) is 74.6 Å². The fraction of sp³-hybridized carbons (Fsp3) is 0.440. The van der Waals surface area contributed by atoms with E-state index in [1.54, 1.807) is 21.1 Å². The van der Waals surface area contributed by atoms with Crippen LogP contribution >= 0.6 is 0 Å². The van der Waals surface area contributed by atoms with Gasteiger partial charge in [0.15, 0.2) is 11.5 Å². The number of rotatable bonds is 7. The minimum Gasteiger partial charge on any atom is -0.493 e. The van der Waals surface area contributed by atoms with Gasteiger partial charge in [-0.1, -0.05) is 44.2 Å². The van der Waals surface area contributed by atoms with Crippen molar-refractivity contribution in [2.75, 3.05) is 27.3 Å². The van der Waals surface area contributed by atoms with Crippen molar-refractivity contribution in [3.8, 4) is 17.6 Å². The van der Waals surface area contributed by atoms with Crippen LogP contribution in [0.5, 0.6) is 11.5 Å². The van der Waals surface area contributed by atoms with Crippen LogP contribution in [0.4, 0.5) is 0 Å². The van der Waals surface area contributed by atoms with Gasteiger partial charge in [-0.05, 0) is 48.1 Å². The summed E-state index contributed by atoms with van der Waals surface area (Å²) in [5, 5.41) is 12.5. The molecule has 2 aromatic carbocycles. The van der Waals surface area contributed by atoms with E-state index < -0.39 is 5.54 Å². The zero-order valence-electron chi connectivity index (χ0n) is 18.9. The van der Waals surface area contributed by atoms with Crippen LogP contribution in [0.1, 0.15) is 43.5 Å². The van der Waals surface area contributed by atoms with Gasteiger partial charge in [-0.15, -0.1) is 0 Å². The van der Waals surface area contributed by atoms with E-state index in [4.69, 9.17) is 9.47 Å². The normalized spacial score (nSPS) is 17.9. The minimum absolute atomic E-state index is 0.00479. The molecule has 0 spiro atoms. The Labute approximate surface area is 184 Å². The van der Waals surface area contributed by atoms with Crippen LogP contribution in [0.2, 0.25) is 0 Å². The summed E-state index contributed by atoms with van der Waals surface area (Å²) in [6.45, 7) is 6.57. The zero-order chi connectivity index (χ0) is 22.6. The quantitative estimate of drug-likeness (QED) is 0.738. The summed E-state index contributed by atoms with van der Waals surface area (Å²) in [5.74, 6) is 1.24. The number of amides is 1. The van der Waals surface area contributed by atoms with Crippen molar-refractivity contribution >= 4 is 5.91 Å². The molecule has 2 aromatic rings. The highest BCUT2D eigenvalue weighted by Crippen LogP contribution is 2.40. The monoisotopic (exact) mass is 421 g/mol. The molecule has 0 radical (unpaired) electrons. The molecule has 31 heavy (non-hydrogen) atoms. The molecule has 3 rings (SSSR count). The Morgan fingerprint density at radius 2 is 1.87 bits per heavy atom. The number of nitriles is 1. The first-order valence-corrected chi connectivity index (χ1v) is 10.6. The van der Waals surface area contributed by atoms with Crippen LogP contribution in [-0.2, 0) is 11.2 Å². The average molecular weight is 422 g/mol. The van der Waals surface area contributed by atoms with Gasteiger partial charge in [0.05, 0.1) is 32.9 Å². The van der Waals surface area contributed by atoms with Gasteiger partial charge in [0.2, 0.25) is 5.91 Å². The second-order valence-corrected chi connectivity index (χ2v) is 8.46. The lowest BCUT2D eigenvalue weighted by atomic mass is 9.87. The molecule has 0 aromatic heterocycles. The lowest BCUT2D eigenvalue weighted by molar-refractivity contribution is -0.124. The number of nitrogens with zero attached hydrogens (tertiary/aromatic N) is 2. The number of fused-ring (bicyclic) bond motifs is 1. The maximum absolute atomic E-state index is 13.0. The number of carbonyl (C=O) groups is 1. The van der Waals surface area contributed by atoms with E-state index in [2.05, 4.69) is 28.4 Å². The number of ether oxygens (including phenoxy) is 2. The van der Waals surface area contributed by atoms with Gasteiger partial charge in [0.1, 0.15) is 5.54 Å². The summed E-state index contributed by atoms with van der Waals surface area (Å²) in [6, 6.07) is 16.4. The molecule has 164 valence electrons. The lowest BCUT2D eigenvalue weighted by Crippen LogP contribution is -2.52. The molecule has 1 amide bonds. The summed E-state index contributed by atoms with van der Waals surface area (Å²) in [7, 11) is 3.27. The predicted molar refractivity (Wildman–Crippen MR) is 120 cm³/mol. The van der Waals surface area contributed by atoms with Gasteiger partial charge in [0, 0.05) is 6.54 Å². The van der Waals surface area contributed by atoms with E-state index in [1.165, 1.54) is 5.56 Å². The van der Waals surface area contributed by atoms with Crippen molar-refractivity contribution in [2.45, 2.75) is 38.8 Å². The Morgan fingerprint density at radius 1 is 1.23 bits per heavy atom. The van der Waals surface area contributed by atoms with Gasteiger partial charge >= 0.3 is 0 Å². The van der Waals surface area contributed by atoms with Crippen LogP contribution in [0.25, 0.3) is 0 Å². The zero-order valence-corrected chi connectivity index (χ0v) is 18.9. The maximum atomic E-state index is 13.0. The Morgan fingerprint density at radius 3 is 2.45 bits per heavy atom. The molecule has 1 aliphatic heterocycles. The molecule has 2 unspecified atom stereocenters. The molecule has 1 N–H and O–H groups in total.